The molecule has 0 saturated carbocycles. The van der Waals surface area contributed by atoms with Gasteiger partial charge in [-0.25, -0.2) is 0 Å². The maximum Gasteiger partial charge on any atom is 0.406 e. The molecule has 2 aliphatic heterocycles. The number of hydrogen-bond donors (Lipinski definition) is 0. The van der Waals surface area contributed by atoms with Crippen molar-refractivity contribution in [2.45, 2.75) is 25.2 Å². The maximum absolute atomic E-state index is 12.5. The highest BCUT2D eigenvalue weighted by molar-refractivity contribution is 5.84. The van der Waals surface area contributed by atoms with Crippen molar-refractivity contribution in [2.24, 2.45) is 0 Å². The van der Waals surface area contributed by atoms with Crippen LogP contribution in [0.3, 0.4) is 0 Å². The molecule has 3 rings (SSSR count). The Kier molecular flexibility index (Phi) is 3.99. The van der Waals surface area contributed by atoms with Crippen LogP contribution in [0.15, 0.2) is 24.3 Å². The van der Waals surface area contributed by atoms with Gasteiger partial charge in [0.25, 0.3) is 0 Å². The summed E-state index contributed by atoms with van der Waals surface area (Å²) in [5.41, 5.74) is 0.960. The van der Waals surface area contributed by atoms with Crippen molar-refractivity contribution in [3.05, 3.63) is 29.8 Å². The summed E-state index contributed by atoms with van der Waals surface area (Å²) in [6.45, 7) is 0.475. The van der Waals surface area contributed by atoms with Gasteiger partial charge in [0.15, 0.2) is 0 Å². The average molecular weight is 314 g/mol. The summed E-state index contributed by atoms with van der Waals surface area (Å²) in [6.07, 6.45) is -3.92. The van der Waals surface area contributed by atoms with Crippen molar-refractivity contribution in [3.8, 4) is 5.75 Å². The lowest BCUT2D eigenvalue weighted by Gasteiger charge is -2.26. The van der Waals surface area contributed by atoms with Crippen LogP contribution in [0.5, 0.6) is 5.75 Å². The molecule has 7 heteroatoms. The molecule has 2 aliphatic rings. The van der Waals surface area contributed by atoms with Crippen LogP contribution in [0.4, 0.5) is 13.2 Å². The Labute approximate surface area is 126 Å². The fourth-order valence-corrected chi connectivity index (χ4v) is 3.05. The zero-order valence-electron chi connectivity index (χ0n) is 12.0. The molecule has 0 radical (unpaired) electrons. The molecule has 0 bridgehead atoms. The average Bonchev–Trinajstić information content (AvgIpc) is 2.69. The molecule has 0 unspecified atom stereocenters. The Morgan fingerprint density at radius 3 is 2.77 bits per heavy atom. The molecule has 1 aromatic carbocycles. The van der Waals surface area contributed by atoms with Crippen molar-refractivity contribution < 1.29 is 22.7 Å². The van der Waals surface area contributed by atoms with Gasteiger partial charge in [-0.15, -0.1) is 0 Å². The van der Waals surface area contributed by atoms with Crippen LogP contribution >= 0.6 is 0 Å². The fourth-order valence-electron chi connectivity index (χ4n) is 3.05. The van der Waals surface area contributed by atoms with Gasteiger partial charge >= 0.3 is 6.18 Å². The van der Waals surface area contributed by atoms with E-state index in [9.17, 15) is 18.0 Å². The molecule has 0 N–H and O–H groups in total. The number of halogens is 3. The molecular formula is C15H17F3N2O2. The highest BCUT2D eigenvalue weighted by Crippen LogP contribution is 2.28. The van der Waals surface area contributed by atoms with Gasteiger partial charge in [-0.3, -0.25) is 9.69 Å². The molecule has 1 amide bonds. The van der Waals surface area contributed by atoms with Crippen LogP contribution < -0.4 is 4.74 Å². The van der Waals surface area contributed by atoms with Crippen LogP contribution in [-0.2, 0) is 11.3 Å². The van der Waals surface area contributed by atoms with Crippen molar-refractivity contribution in [3.63, 3.8) is 0 Å². The van der Waals surface area contributed by atoms with Crippen LogP contribution in [0.2, 0.25) is 0 Å². The van der Waals surface area contributed by atoms with E-state index in [-0.39, 0.29) is 6.54 Å². The number of benzene rings is 1. The van der Waals surface area contributed by atoms with Gasteiger partial charge in [0, 0.05) is 25.2 Å². The van der Waals surface area contributed by atoms with E-state index in [2.05, 4.69) is 0 Å². The number of amides is 1. The molecule has 1 atom stereocenters. The molecule has 1 aromatic rings. The molecule has 1 saturated heterocycles. The number of ether oxygens (including phenoxy) is 1. The Balaban J connectivity index is 1.71. The third kappa shape index (κ3) is 3.19. The summed E-state index contributed by atoms with van der Waals surface area (Å²) in [6, 6.07) is 7.06. The second-order valence-corrected chi connectivity index (χ2v) is 5.61. The van der Waals surface area contributed by atoms with E-state index in [4.69, 9.17) is 4.74 Å². The van der Waals surface area contributed by atoms with E-state index in [1.807, 2.05) is 29.2 Å². The monoisotopic (exact) mass is 314 g/mol. The minimum atomic E-state index is -4.35. The van der Waals surface area contributed by atoms with E-state index < -0.39 is 24.7 Å². The van der Waals surface area contributed by atoms with Crippen molar-refractivity contribution in [1.82, 2.24) is 9.80 Å². The number of para-hydroxylation sites is 1. The van der Waals surface area contributed by atoms with E-state index in [1.54, 1.807) is 0 Å². The first kappa shape index (κ1) is 15.1. The number of nitrogens with zero attached hydrogens (tertiary/aromatic N) is 2. The number of carbonyl (C=O) groups is 1. The van der Waals surface area contributed by atoms with Gasteiger partial charge in [0.2, 0.25) is 5.91 Å². The van der Waals surface area contributed by atoms with Crippen molar-refractivity contribution in [2.75, 3.05) is 26.2 Å². The van der Waals surface area contributed by atoms with Crippen LogP contribution in [0, 0.1) is 0 Å². The zero-order valence-corrected chi connectivity index (χ0v) is 12.0. The maximum atomic E-state index is 12.5. The largest absolute Gasteiger partial charge is 0.492 e. The third-order valence-electron chi connectivity index (χ3n) is 4.06. The Hall–Kier alpha value is -1.76. The molecule has 4 nitrogen and oxygen atoms in total. The van der Waals surface area contributed by atoms with Crippen molar-refractivity contribution >= 4 is 5.91 Å². The lowest BCUT2D eigenvalue weighted by atomic mass is 10.1. The molecule has 2 heterocycles. The molecule has 120 valence electrons. The van der Waals surface area contributed by atoms with Crippen LogP contribution in [0.25, 0.3) is 0 Å². The van der Waals surface area contributed by atoms with E-state index in [1.165, 1.54) is 0 Å². The summed E-state index contributed by atoms with van der Waals surface area (Å²) in [7, 11) is 0. The SMILES string of the molecule is O=C1[C@@H](N2CCOc3ccccc3C2)CCN1CC(F)(F)F. The van der Waals surface area contributed by atoms with E-state index >= 15 is 0 Å². The highest BCUT2D eigenvalue weighted by Gasteiger charge is 2.41. The van der Waals surface area contributed by atoms with E-state index in [0.717, 1.165) is 16.2 Å². The molecule has 0 aliphatic carbocycles. The topological polar surface area (TPSA) is 32.8 Å². The number of fused-ring (bicyclic) bond motifs is 1. The first-order valence-electron chi connectivity index (χ1n) is 7.24. The minimum Gasteiger partial charge on any atom is -0.492 e. The number of likely N-dealkylation sites (tertiary alicyclic amines) is 1. The lowest BCUT2D eigenvalue weighted by molar-refractivity contribution is -0.159. The number of rotatable bonds is 2. The molecule has 0 aromatic heterocycles. The number of alkyl halides is 3. The second kappa shape index (κ2) is 5.79. The zero-order chi connectivity index (χ0) is 15.7. The summed E-state index contributed by atoms with van der Waals surface area (Å²) in [5.74, 6) is 0.347. The Morgan fingerprint density at radius 1 is 1.23 bits per heavy atom. The standard InChI is InChI=1S/C15H17F3N2O2/c16-15(17,18)10-20-6-5-12(14(20)21)19-7-8-22-13-4-2-1-3-11(13)9-19/h1-4,12H,5-10H2/t12-/m0/s1. The van der Waals surface area contributed by atoms with Gasteiger partial charge in [-0.2, -0.15) is 13.2 Å². The summed E-state index contributed by atoms with van der Waals surface area (Å²) >= 11 is 0. The predicted molar refractivity (Wildman–Crippen MR) is 73.4 cm³/mol. The molecular weight excluding hydrogens is 297 g/mol. The first-order chi connectivity index (χ1) is 10.4. The number of hydrogen-bond acceptors (Lipinski definition) is 3. The summed E-state index contributed by atoms with van der Waals surface area (Å²) in [4.78, 5) is 15.1. The van der Waals surface area contributed by atoms with Gasteiger partial charge in [0.05, 0.1) is 6.04 Å². The van der Waals surface area contributed by atoms with E-state index in [0.29, 0.717) is 26.1 Å². The molecule has 22 heavy (non-hydrogen) atoms. The highest BCUT2D eigenvalue weighted by atomic mass is 19.4. The second-order valence-electron chi connectivity index (χ2n) is 5.61. The fraction of sp³-hybridized carbons (Fsp3) is 0.533. The van der Waals surface area contributed by atoms with Gasteiger partial charge in [-0.05, 0) is 12.5 Å². The number of carbonyl (C=O) groups excluding carboxylic acids is 1. The Bertz CT molecular complexity index is 562. The smallest absolute Gasteiger partial charge is 0.406 e. The normalized spacial score (nSPS) is 23.1. The molecule has 0 spiro atoms. The minimum absolute atomic E-state index is 0.155. The lowest BCUT2D eigenvalue weighted by Crippen LogP contribution is -2.44. The van der Waals surface area contributed by atoms with Crippen LogP contribution in [0.1, 0.15) is 12.0 Å². The summed E-state index contributed by atoms with van der Waals surface area (Å²) in [5, 5.41) is 0. The van der Waals surface area contributed by atoms with Crippen molar-refractivity contribution in [1.29, 1.82) is 0 Å². The third-order valence-corrected chi connectivity index (χ3v) is 4.06. The van der Waals surface area contributed by atoms with Crippen LogP contribution in [-0.4, -0.2) is 54.2 Å². The van der Waals surface area contributed by atoms with Gasteiger partial charge in [0.1, 0.15) is 18.9 Å². The summed E-state index contributed by atoms with van der Waals surface area (Å²) < 4.78 is 43.1. The quantitative estimate of drug-likeness (QED) is 0.837. The first-order valence-corrected chi connectivity index (χ1v) is 7.24. The predicted octanol–water partition coefficient (Wildman–Crippen LogP) is 2.04. The Morgan fingerprint density at radius 2 is 2.00 bits per heavy atom. The molecule has 1 fully saturated rings. The van der Waals surface area contributed by atoms with Gasteiger partial charge < -0.3 is 9.64 Å². The van der Waals surface area contributed by atoms with Gasteiger partial charge in [-0.1, -0.05) is 18.2 Å².